The highest BCUT2D eigenvalue weighted by atomic mass is 35.5. The fourth-order valence-electron chi connectivity index (χ4n) is 1.05. The van der Waals surface area contributed by atoms with E-state index in [9.17, 15) is 4.79 Å². The lowest BCUT2D eigenvalue weighted by atomic mass is 10.2. The van der Waals surface area contributed by atoms with E-state index in [4.69, 9.17) is 17.4 Å². The van der Waals surface area contributed by atoms with E-state index in [0.717, 1.165) is 0 Å². The van der Waals surface area contributed by atoms with Crippen molar-refractivity contribution < 1.29 is 4.79 Å². The summed E-state index contributed by atoms with van der Waals surface area (Å²) in [7, 11) is 3.36. The number of halogens is 1. The van der Waals surface area contributed by atoms with Crippen LogP contribution in [0.1, 0.15) is 10.4 Å². The van der Waals surface area contributed by atoms with Crippen LogP contribution in [0.5, 0.6) is 0 Å². The van der Waals surface area contributed by atoms with E-state index in [1.165, 1.54) is 4.90 Å². The first kappa shape index (κ1) is 10.8. The number of carbonyl (C=O) groups excluding carboxylic acids is 1. The van der Waals surface area contributed by atoms with Crippen molar-refractivity contribution in [3.8, 4) is 0 Å². The zero-order chi connectivity index (χ0) is 10.7. The topological polar surface area (TPSA) is 58.4 Å². The summed E-state index contributed by atoms with van der Waals surface area (Å²) >= 11 is 5.81. The van der Waals surface area contributed by atoms with E-state index in [2.05, 4.69) is 5.43 Å². The molecular weight excluding hydrogens is 202 g/mol. The number of hydrogen-bond acceptors (Lipinski definition) is 3. The van der Waals surface area contributed by atoms with Gasteiger partial charge in [0.05, 0.1) is 5.69 Å². The molecule has 3 N–H and O–H groups in total. The summed E-state index contributed by atoms with van der Waals surface area (Å²) in [6.07, 6.45) is 0. The van der Waals surface area contributed by atoms with Crippen molar-refractivity contribution in [2.75, 3.05) is 19.5 Å². The van der Waals surface area contributed by atoms with E-state index < -0.39 is 0 Å². The number of anilines is 1. The molecule has 0 aliphatic carbocycles. The molecular formula is C9H12ClN3O. The Bertz CT molecular complexity index is 352. The first-order valence-electron chi connectivity index (χ1n) is 4.03. The second kappa shape index (κ2) is 4.30. The summed E-state index contributed by atoms with van der Waals surface area (Å²) in [6.45, 7) is 0. The number of nitrogens with two attached hydrogens (primary N) is 1. The lowest BCUT2D eigenvalue weighted by Gasteiger charge is -2.11. The number of nitrogen functional groups attached to an aromatic ring is 1. The lowest BCUT2D eigenvalue weighted by molar-refractivity contribution is 0.0827. The highest BCUT2D eigenvalue weighted by Gasteiger charge is 2.09. The Morgan fingerprint density at radius 2 is 2.07 bits per heavy atom. The predicted octanol–water partition coefficient (Wildman–Crippen LogP) is 1.33. The van der Waals surface area contributed by atoms with Gasteiger partial charge in [0.1, 0.15) is 0 Å². The van der Waals surface area contributed by atoms with Gasteiger partial charge in [-0.2, -0.15) is 0 Å². The molecule has 1 aromatic rings. The molecule has 0 aliphatic heterocycles. The summed E-state index contributed by atoms with van der Waals surface area (Å²) in [4.78, 5) is 13.0. The monoisotopic (exact) mass is 213 g/mol. The molecule has 4 nitrogen and oxygen atoms in total. The van der Waals surface area contributed by atoms with Crippen LogP contribution in [-0.4, -0.2) is 24.9 Å². The summed E-state index contributed by atoms with van der Waals surface area (Å²) in [5, 5.41) is 0.477. The highest BCUT2D eigenvalue weighted by molar-refractivity contribution is 6.31. The third-order valence-corrected chi connectivity index (χ3v) is 1.94. The first-order chi connectivity index (χ1) is 6.54. The highest BCUT2D eigenvalue weighted by Crippen LogP contribution is 2.18. The van der Waals surface area contributed by atoms with Crippen molar-refractivity contribution in [3.63, 3.8) is 0 Å². The van der Waals surface area contributed by atoms with Crippen LogP contribution >= 0.6 is 11.6 Å². The summed E-state index contributed by atoms with van der Waals surface area (Å²) in [5.41, 5.74) is 3.57. The smallest absolute Gasteiger partial charge is 0.253 e. The molecule has 0 spiro atoms. The zero-order valence-electron chi connectivity index (χ0n) is 8.04. The molecule has 0 saturated carbocycles. The van der Waals surface area contributed by atoms with Crippen molar-refractivity contribution >= 4 is 23.2 Å². The lowest BCUT2D eigenvalue weighted by Crippen LogP contribution is -2.22. The molecule has 0 aliphatic rings. The number of hydrazine groups is 1. The molecule has 0 heterocycles. The number of benzene rings is 1. The number of nitrogens with zero attached hydrogens (tertiary/aromatic N) is 1. The number of hydrogen-bond donors (Lipinski definition) is 2. The standard InChI is InChI=1S/C9H12ClN3O/c1-13(2)9(14)6-3-7(10)5-8(4-6)12-11/h3-5,12H,11H2,1-2H3. The summed E-state index contributed by atoms with van der Waals surface area (Å²) in [5.74, 6) is 5.12. The minimum atomic E-state index is -0.107. The Hall–Kier alpha value is -1.26. The van der Waals surface area contributed by atoms with Crippen LogP contribution in [0.15, 0.2) is 18.2 Å². The average Bonchev–Trinajstić information content (AvgIpc) is 2.15. The fraction of sp³-hybridized carbons (Fsp3) is 0.222. The Morgan fingerprint density at radius 1 is 1.43 bits per heavy atom. The van der Waals surface area contributed by atoms with Gasteiger partial charge in [-0.05, 0) is 18.2 Å². The fourth-order valence-corrected chi connectivity index (χ4v) is 1.29. The van der Waals surface area contributed by atoms with E-state index in [-0.39, 0.29) is 5.91 Å². The number of carbonyl (C=O) groups is 1. The van der Waals surface area contributed by atoms with Crippen LogP contribution in [0.25, 0.3) is 0 Å². The molecule has 1 rings (SSSR count). The molecule has 14 heavy (non-hydrogen) atoms. The van der Waals surface area contributed by atoms with Crippen molar-refractivity contribution in [2.24, 2.45) is 5.84 Å². The third kappa shape index (κ3) is 2.37. The normalized spacial score (nSPS) is 9.71. The van der Waals surface area contributed by atoms with Crippen molar-refractivity contribution in [1.29, 1.82) is 0 Å². The van der Waals surface area contributed by atoms with Crippen molar-refractivity contribution in [1.82, 2.24) is 4.90 Å². The Labute approximate surface area is 87.6 Å². The SMILES string of the molecule is CN(C)C(=O)c1cc(Cl)cc(NN)c1. The van der Waals surface area contributed by atoms with Gasteiger partial charge in [-0.3, -0.25) is 10.6 Å². The van der Waals surface area contributed by atoms with Crippen LogP contribution in [-0.2, 0) is 0 Å². The largest absolute Gasteiger partial charge is 0.345 e. The van der Waals surface area contributed by atoms with Gasteiger partial charge in [-0.1, -0.05) is 11.6 Å². The quantitative estimate of drug-likeness (QED) is 0.576. The van der Waals surface area contributed by atoms with Crippen LogP contribution in [0.4, 0.5) is 5.69 Å². The van der Waals surface area contributed by atoms with Crippen LogP contribution < -0.4 is 11.3 Å². The molecule has 0 bridgehead atoms. The Morgan fingerprint density at radius 3 is 2.57 bits per heavy atom. The van der Waals surface area contributed by atoms with Gasteiger partial charge in [-0.15, -0.1) is 0 Å². The number of rotatable bonds is 2. The second-order valence-electron chi connectivity index (χ2n) is 3.07. The molecule has 0 saturated heterocycles. The maximum atomic E-state index is 11.6. The van der Waals surface area contributed by atoms with Crippen LogP contribution in [0, 0.1) is 0 Å². The molecule has 1 amide bonds. The molecule has 0 unspecified atom stereocenters. The maximum Gasteiger partial charge on any atom is 0.253 e. The molecule has 0 radical (unpaired) electrons. The molecule has 0 atom stereocenters. The van der Waals surface area contributed by atoms with Gasteiger partial charge in [-0.25, -0.2) is 0 Å². The minimum absolute atomic E-state index is 0.107. The van der Waals surface area contributed by atoms with E-state index >= 15 is 0 Å². The van der Waals surface area contributed by atoms with Gasteiger partial charge in [0.2, 0.25) is 0 Å². The Balaban J connectivity index is 3.09. The number of nitrogens with one attached hydrogen (secondary N) is 1. The Kier molecular flexibility index (Phi) is 3.33. The molecule has 1 aromatic carbocycles. The molecule has 0 aromatic heterocycles. The molecule has 5 heteroatoms. The van der Waals surface area contributed by atoms with E-state index in [1.807, 2.05) is 0 Å². The van der Waals surface area contributed by atoms with E-state index in [1.54, 1.807) is 32.3 Å². The van der Waals surface area contributed by atoms with Gasteiger partial charge >= 0.3 is 0 Å². The van der Waals surface area contributed by atoms with Crippen LogP contribution in [0.3, 0.4) is 0 Å². The number of amides is 1. The maximum absolute atomic E-state index is 11.6. The summed E-state index contributed by atoms with van der Waals surface area (Å²) < 4.78 is 0. The summed E-state index contributed by atoms with van der Waals surface area (Å²) in [6, 6.07) is 4.90. The van der Waals surface area contributed by atoms with Gasteiger partial charge in [0.15, 0.2) is 0 Å². The van der Waals surface area contributed by atoms with Crippen LogP contribution in [0.2, 0.25) is 5.02 Å². The molecule has 0 fully saturated rings. The first-order valence-corrected chi connectivity index (χ1v) is 4.41. The van der Waals surface area contributed by atoms with Crippen molar-refractivity contribution in [2.45, 2.75) is 0 Å². The van der Waals surface area contributed by atoms with Gasteiger partial charge in [0, 0.05) is 24.7 Å². The van der Waals surface area contributed by atoms with Gasteiger partial charge in [0.25, 0.3) is 5.91 Å². The third-order valence-electron chi connectivity index (χ3n) is 1.72. The molecule has 76 valence electrons. The minimum Gasteiger partial charge on any atom is -0.345 e. The predicted molar refractivity (Wildman–Crippen MR) is 57.3 cm³/mol. The zero-order valence-corrected chi connectivity index (χ0v) is 8.80. The second-order valence-corrected chi connectivity index (χ2v) is 3.51. The van der Waals surface area contributed by atoms with Crippen molar-refractivity contribution in [3.05, 3.63) is 28.8 Å². The van der Waals surface area contributed by atoms with E-state index in [0.29, 0.717) is 16.3 Å². The average molecular weight is 214 g/mol. The van der Waals surface area contributed by atoms with Gasteiger partial charge < -0.3 is 10.3 Å².